The van der Waals surface area contributed by atoms with Gasteiger partial charge in [-0.15, -0.1) is 10.2 Å². The monoisotopic (exact) mass is 304 g/mol. The van der Waals surface area contributed by atoms with E-state index < -0.39 is 0 Å². The summed E-state index contributed by atoms with van der Waals surface area (Å²) >= 11 is 3.43. The van der Waals surface area contributed by atoms with E-state index in [9.17, 15) is 0 Å². The van der Waals surface area contributed by atoms with Crippen molar-refractivity contribution in [2.45, 2.75) is 26.5 Å². The van der Waals surface area contributed by atoms with E-state index in [1.807, 2.05) is 16.3 Å². The van der Waals surface area contributed by atoms with Crippen molar-refractivity contribution in [3.63, 3.8) is 0 Å². The van der Waals surface area contributed by atoms with Crippen molar-refractivity contribution in [1.29, 1.82) is 0 Å². The molecule has 2 heterocycles. The van der Waals surface area contributed by atoms with Gasteiger partial charge in [-0.05, 0) is 25.2 Å². The largest absolute Gasteiger partial charge is 0.235 e. The predicted octanol–water partition coefficient (Wildman–Crippen LogP) is 3.72. The lowest BCUT2D eigenvalue weighted by Crippen LogP contribution is -1.94. The number of aromatic nitrogens is 4. The van der Waals surface area contributed by atoms with Gasteiger partial charge in [-0.25, -0.2) is 0 Å². The topological polar surface area (TPSA) is 43.1 Å². The summed E-state index contributed by atoms with van der Waals surface area (Å²) in [5.41, 5.74) is 3.70. The van der Waals surface area contributed by atoms with Crippen LogP contribution in [0.4, 0.5) is 0 Å². The number of aryl methyl sites for hydroxylation is 2. The summed E-state index contributed by atoms with van der Waals surface area (Å²) in [4.78, 5) is 0.867. The van der Waals surface area contributed by atoms with E-state index in [4.69, 9.17) is 0 Å². The molecule has 6 heteroatoms. The van der Waals surface area contributed by atoms with Gasteiger partial charge in [-0.3, -0.25) is 0 Å². The minimum absolute atomic E-state index is 0.855. The lowest BCUT2D eigenvalue weighted by atomic mass is 10.1. The summed E-state index contributed by atoms with van der Waals surface area (Å²) in [6.07, 6.45) is 0. The molecule has 0 aliphatic heterocycles. The molecule has 0 saturated heterocycles. The van der Waals surface area contributed by atoms with Gasteiger partial charge in [-0.1, -0.05) is 42.0 Å². The van der Waals surface area contributed by atoms with Crippen LogP contribution in [0.15, 0.2) is 18.2 Å². The van der Waals surface area contributed by atoms with E-state index in [-0.39, 0.29) is 0 Å². The van der Waals surface area contributed by atoms with Gasteiger partial charge in [0.1, 0.15) is 5.01 Å². The van der Waals surface area contributed by atoms with Gasteiger partial charge < -0.3 is 0 Å². The average Bonchev–Trinajstić information content (AvgIpc) is 2.97. The normalized spacial score (nSPS) is 11.3. The summed E-state index contributed by atoms with van der Waals surface area (Å²) in [6, 6.07) is 6.45. The highest BCUT2D eigenvalue weighted by Gasteiger charge is 2.13. The van der Waals surface area contributed by atoms with Crippen LogP contribution < -0.4 is 0 Å². The van der Waals surface area contributed by atoms with Gasteiger partial charge in [0, 0.05) is 5.56 Å². The zero-order chi connectivity index (χ0) is 14.1. The fourth-order valence-corrected chi connectivity index (χ4v) is 3.62. The van der Waals surface area contributed by atoms with Crippen molar-refractivity contribution in [3.8, 4) is 10.6 Å². The highest BCUT2D eigenvalue weighted by atomic mass is 32.2. The Morgan fingerprint density at radius 2 is 2.10 bits per heavy atom. The highest BCUT2D eigenvalue weighted by Crippen LogP contribution is 2.29. The van der Waals surface area contributed by atoms with Crippen LogP contribution in [0, 0.1) is 13.8 Å². The fourth-order valence-electron chi connectivity index (χ4n) is 2.10. The van der Waals surface area contributed by atoms with Gasteiger partial charge in [0.2, 0.25) is 4.96 Å². The van der Waals surface area contributed by atoms with Crippen LogP contribution in [0.2, 0.25) is 0 Å². The lowest BCUT2D eigenvalue weighted by molar-refractivity contribution is 0.887. The Morgan fingerprint density at radius 1 is 1.25 bits per heavy atom. The Morgan fingerprint density at radius 3 is 2.85 bits per heavy atom. The van der Waals surface area contributed by atoms with E-state index in [0.29, 0.717) is 0 Å². The van der Waals surface area contributed by atoms with Crippen LogP contribution in [0.3, 0.4) is 0 Å². The zero-order valence-electron chi connectivity index (χ0n) is 11.8. The summed E-state index contributed by atoms with van der Waals surface area (Å²) in [5.74, 6) is 2.86. The van der Waals surface area contributed by atoms with Crippen molar-refractivity contribution < 1.29 is 0 Å². The molecule has 0 unspecified atom stereocenters. The summed E-state index contributed by atoms with van der Waals surface area (Å²) in [7, 11) is 0. The Labute approximate surface area is 126 Å². The van der Waals surface area contributed by atoms with Crippen molar-refractivity contribution in [1.82, 2.24) is 19.8 Å². The molecule has 4 nitrogen and oxygen atoms in total. The first-order chi connectivity index (χ1) is 9.69. The van der Waals surface area contributed by atoms with Gasteiger partial charge >= 0.3 is 0 Å². The maximum Gasteiger partial charge on any atom is 0.235 e. The number of rotatable bonds is 4. The number of hydrogen-bond donors (Lipinski definition) is 0. The van der Waals surface area contributed by atoms with Gasteiger partial charge in [0.25, 0.3) is 0 Å². The molecule has 0 radical (unpaired) electrons. The maximum atomic E-state index is 4.68. The molecule has 3 aromatic rings. The van der Waals surface area contributed by atoms with Crippen molar-refractivity contribution in [3.05, 3.63) is 35.2 Å². The Balaban J connectivity index is 2.02. The molecule has 0 spiro atoms. The summed E-state index contributed by atoms with van der Waals surface area (Å²) in [5, 5.41) is 14.1. The number of benzene rings is 1. The first kappa shape index (κ1) is 13.6. The SMILES string of the molecule is CCSCc1nnc2sc(-c3ccc(C)cc3C)nn12. The summed E-state index contributed by atoms with van der Waals surface area (Å²) < 4.78 is 1.88. The molecule has 0 bridgehead atoms. The molecular weight excluding hydrogens is 288 g/mol. The smallest absolute Gasteiger partial charge is 0.186 e. The average molecular weight is 304 g/mol. The molecule has 0 aliphatic rings. The molecule has 3 rings (SSSR count). The van der Waals surface area contributed by atoms with E-state index >= 15 is 0 Å². The van der Waals surface area contributed by atoms with Crippen LogP contribution in [0.1, 0.15) is 23.9 Å². The molecule has 104 valence electrons. The third-order valence-corrected chi connectivity index (χ3v) is 4.91. The van der Waals surface area contributed by atoms with E-state index in [0.717, 1.165) is 27.3 Å². The first-order valence-electron chi connectivity index (χ1n) is 6.55. The Kier molecular flexibility index (Phi) is 3.76. The molecule has 0 aliphatic carbocycles. The molecule has 0 atom stereocenters. The van der Waals surface area contributed by atoms with Crippen molar-refractivity contribution >= 4 is 28.1 Å². The Bertz CT molecular complexity index is 745. The lowest BCUT2D eigenvalue weighted by Gasteiger charge is -2.02. The van der Waals surface area contributed by atoms with E-state index in [1.165, 1.54) is 16.7 Å². The minimum atomic E-state index is 0.855. The maximum absolute atomic E-state index is 4.68. The fraction of sp³-hybridized carbons (Fsp3) is 0.357. The highest BCUT2D eigenvalue weighted by molar-refractivity contribution is 7.98. The third-order valence-electron chi connectivity index (χ3n) is 3.10. The van der Waals surface area contributed by atoms with Crippen LogP contribution in [0.25, 0.3) is 15.5 Å². The van der Waals surface area contributed by atoms with Crippen LogP contribution >= 0.6 is 23.1 Å². The molecular formula is C14H16N4S2. The molecule has 0 saturated carbocycles. The molecule has 1 aromatic carbocycles. The number of hydrogen-bond acceptors (Lipinski definition) is 5. The number of thioether (sulfide) groups is 1. The van der Waals surface area contributed by atoms with Crippen LogP contribution in [0.5, 0.6) is 0 Å². The van der Waals surface area contributed by atoms with E-state index in [2.05, 4.69) is 54.3 Å². The standard InChI is InChI=1S/C14H16N4S2/c1-4-19-8-12-15-16-14-18(12)17-13(20-14)11-6-5-9(2)7-10(11)3/h5-7H,4,8H2,1-3H3. The zero-order valence-corrected chi connectivity index (χ0v) is 13.4. The second-order valence-electron chi connectivity index (χ2n) is 4.67. The second kappa shape index (κ2) is 5.54. The van der Waals surface area contributed by atoms with Crippen molar-refractivity contribution in [2.24, 2.45) is 0 Å². The number of fused-ring (bicyclic) bond motifs is 1. The Hall–Kier alpha value is -1.40. The van der Waals surface area contributed by atoms with Crippen molar-refractivity contribution in [2.75, 3.05) is 5.75 Å². The summed E-state index contributed by atoms with van der Waals surface area (Å²) in [6.45, 7) is 6.37. The minimum Gasteiger partial charge on any atom is -0.186 e. The molecule has 20 heavy (non-hydrogen) atoms. The van der Waals surface area contributed by atoms with Crippen LogP contribution in [-0.4, -0.2) is 25.6 Å². The number of nitrogens with zero attached hydrogens (tertiary/aromatic N) is 4. The van der Waals surface area contributed by atoms with Gasteiger partial charge in [-0.2, -0.15) is 21.4 Å². The van der Waals surface area contributed by atoms with E-state index in [1.54, 1.807) is 11.3 Å². The van der Waals surface area contributed by atoms with Crippen LogP contribution in [-0.2, 0) is 5.75 Å². The predicted molar refractivity (Wildman–Crippen MR) is 85.4 cm³/mol. The quantitative estimate of drug-likeness (QED) is 0.737. The first-order valence-corrected chi connectivity index (χ1v) is 8.52. The molecule has 0 fully saturated rings. The molecule has 0 N–H and O–H groups in total. The van der Waals surface area contributed by atoms with Gasteiger partial charge in [0.15, 0.2) is 5.82 Å². The molecule has 0 amide bonds. The van der Waals surface area contributed by atoms with Gasteiger partial charge in [0.05, 0.1) is 5.75 Å². The second-order valence-corrected chi connectivity index (χ2v) is 6.90. The third kappa shape index (κ3) is 2.45. The molecule has 2 aromatic heterocycles.